The SMILES string of the molecule is c1cc2c(cc1OCCCN1CCC1)sc1cc(OCCCN3CCC3)ccc12. The van der Waals surface area contributed by atoms with Crippen LogP contribution in [0.3, 0.4) is 0 Å². The third kappa shape index (κ3) is 4.52. The van der Waals surface area contributed by atoms with Gasteiger partial charge in [-0.15, -0.1) is 11.3 Å². The minimum absolute atomic E-state index is 0.794. The van der Waals surface area contributed by atoms with Gasteiger partial charge in [0.2, 0.25) is 0 Å². The number of fused-ring (bicyclic) bond motifs is 3. The first-order valence-electron chi connectivity index (χ1n) is 11.0. The predicted octanol–water partition coefficient (Wildman–Crippen LogP) is 5.00. The number of ether oxygens (including phenoxy) is 2. The van der Waals surface area contributed by atoms with Crippen LogP contribution in [0.4, 0.5) is 0 Å². The van der Waals surface area contributed by atoms with Crippen LogP contribution in [0.25, 0.3) is 20.2 Å². The summed E-state index contributed by atoms with van der Waals surface area (Å²) < 4.78 is 14.6. The van der Waals surface area contributed by atoms with E-state index in [-0.39, 0.29) is 0 Å². The molecule has 5 rings (SSSR count). The molecule has 2 aliphatic heterocycles. The first kappa shape index (κ1) is 19.2. The minimum Gasteiger partial charge on any atom is -0.493 e. The van der Waals surface area contributed by atoms with Gasteiger partial charge in [0.25, 0.3) is 0 Å². The summed E-state index contributed by atoms with van der Waals surface area (Å²) in [5.74, 6) is 1.96. The van der Waals surface area contributed by atoms with Gasteiger partial charge >= 0.3 is 0 Å². The van der Waals surface area contributed by atoms with E-state index in [1.165, 1.54) is 59.2 Å². The first-order chi connectivity index (χ1) is 14.3. The molecule has 0 saturated carbocycles. The molecule has 2 saturated heterocycles. The number of likely N-dealkylation sites (tertiary alicyclic amines) is 2. The van der Waals surface area contributed by atoms with Crippen molar-refractivity contribution in [1.82, 2.24) is 9.80 Å². The van der Waals surface area contributed by atoms with E-state index in [9.17, 15) is 0 Å². The molecular weight excluding hydrogens is 380 g/mol. The molecule has 0 aliphatic carbocycles. The highest BCUT2D eigenvalue weighted by Crippen LogP contribution is 2.37. The Morgan fingerprint density at radius 3 is 1.59 bits per heavy atom. The lowest BCUT2D eigenvalue weighted by atomic mass is 10.1. The second-order valence-electron chi connectivity index (χ2n) is 8.21. The molecule has 0 bridgehead atoms. The second kappa shape index (κ2) is 8.90. The average molecular weight is 411 g/mol. The van der Waals surface area contributed by atoms with Crippen molar-refractivity contribution in [2.45, 2.75) is 25.7 Å². The molecule has 0 unspecified atom stereocenters. The van der Waals surface area contributed by atoms with Crippen molar-refractivity contribution in [2.24, 2.45) is 0 Å². The minimum atomic E-state index is 0.794. The van der Waals surface area contributed by atoms with E-state index < -0.39 is 0 Å². The molecule has 2 fully saturated rings. The van der Waals surface area contributed by atoms with E-state index in [1.54, 1.807) is 0 Å². The van der Waals surface area contributed by atoms with E-state index >= 15 is 0 Å². The lowest BCUT2D eigenvalue weighted by molar-refractivity contribution is 0.165. The van der Waals surface area contributed by atoms with E-state index in [0.29, 0.717) is 0 Å². The van der Waals surface area contributed by atoms with Gasteiger partial charge in [-0.1, -0.05) is 0 Å². The Bertz CT molecular complexity index is 886. The zero-order valence-electron chi connectivity index (χ0n) is 17.1. The summed E-state index contributed by atoms with van der Waals surface area (Å²) in [6.45, 7) is 8.95. The molecule has 3 heterocycles. The number of benzene rings is 2. The van der Waals surface area contributed by atoms with Crippen LogP contribution in [0.5, 0.6) is 11.5 Å². The maximum Gasteiger partial charge on any atom is 0.120 e. The molecule has 154 valence electrons. The van der Waals surface area contributed by atoms with Crippen LogP contribution in [0.2, 0.25) is 0 Å². The summed E-state index contributed by atoms with van der Waals surface area (Å²) in [7, 11) is 0. The smallest absolute Gasteiger partial charge is 0.120 e. The highest BCUT2D eigenvalue weighted by molar-refractivity contribution is 7.25. The van der Waals surface area contributed by atoms with Gasteiger partial charge in [-0.05, 0) is 88.3 Å². The molecule has 0 radical (unpaired) electrons. The van der Waals surface area contributed by atoms with Crippen LogP contribution in [0.15, 0.2) is 36.4 Å². The zero-order valence-corrected chi connectivity index (χ0v) is 17.9. The Morgan fingerprint density at radius 1 is 0.690 bits per heavy atom. The first-order valence-corrected chi connectivity index (χ1v) is 11.8. The molecule has 2 aromatic carbocycles. The Kier molecular flexibility index (Phi) is 5.88. The summed E-state index contributed by atoms with van der Waals surface area (Å²) in [4.78, 5) is 4.98. The van der Waals surface area contributed by atoms with E-state index in [4.69, 9.17) is 9.47 Å². The van der Waals surface area contributed by atoms with Gasteiger partial charge in [0.15, 0.2) is 0 Å². The third-order valence-electron chi connectivity index (χ3n) is 6.09. The van der Waals surface area contributed by atoms with E-state index in [0.717, 1.165) is 50.6 Å². The summed E-state index contributed by atoms with van der Waals surface area (Å²) >= 11 is 1.83. The number of nitrogens with zero attached hydrogens (tertiary/aromatic N) is 2. The fraction of sp³-hybridized carbons (Fsp3) is 0.500. The highest BCUT2D eigenvalue weighted by atomic mass is 32.1. The van der Waals surface area contributed by atoms with E-state index in [2.05, 4.69) is 46.2 Å². The van der Waals surface area contributed by atoms with Crippen LogP contribution in [0, 0.1) is 0 Å². The highest BCUT2D eigenvalue weighted by Gasteiger charge is 2.13. The van der Waals surface area contributed by atoms with Crippen molar-refractivity contribution in [3.63, 3.8) is 0 Å². The molecule has 4 nitrogen and oxygen atoms in total. The second-order valence-corrected chi connectivity index (χ2v) is 9.30. The van der Waals surface area contributed by atoms with Crippen molar-refractivity contribution < 1.29 is 9.47 Å². The van der Waals surface area contributed by atoms with Crippen molar-refractivity contribution in [3.05, 3.63) is 36.4 Å². The zero-order chi connectivity index (χ0) is 19.5. The molecule has 0 atom stereocenters. The van der Waals surface area contributed by atoms with Crippen molar-refractivity contribution in [3.8, 4) is 11.5 Å². The summed E-state index contributed by atoms with van der Waals surface area (Å²) in [6.07, 6.45) is 4.91. The van der Waals surface area contributed by atoms with Gasteiger partial charge in [-0.2, -0.15) is 0 Å². The van der Waals surface area contributed by atoms with Crippen molar-refractivity contribution in [1.29, 1.82) is 0 Å². The van der Waals surface area contributed by atoms with Gasteiger partial charge in [-0.3, -0.25) is 0 Å². The molecule has 3 aromatic rings. The number of hydrogen-bond acceptors (Lipinski definition) is 5. The van der Waals surface area contributed by atoms with Crippen LogP contribution >= 0.6 is 11.3 Å². The van der Waals surface area contributed by atoms with Crippen LogP contribution in [0.1, 0.15) is 25.7 Å². The average Bonchev–Trinajstić information content (AvgIpc) is 3.01. The molecule has 2 aliphatic rings. The largest absolute Gasteiger partial charge is 0.493 e. The standard InChI is InChI=1S/C24H30N2O2S/c1-9-25(10-1)13-3-15-27-19-5-7-21-22-8-6-20(18-24(22)29-23(21)17-19)28-16-4-14-26-11-2-12-26/h5-8,17-18H,1-4,9-16H2. The van der Waals surface area contributed by atoms with Gasteiger partial charge in [0, 0.05) is 33.3 Å². The number of hydrogen-bond donors (Lipinski definition) is 0. The van der Waals surface area contributed by atoms with Gasteiger partial charge < -0.3 is 19.3 Å². The van der Waals surface area contributed by atoms with Crippen LogP contribution in [-0.2, 0) is 0 Å². The Hall–Kier alpha value is -1.82. The lowest BCUT2D eigenvalue weighted by Crippen LogP contribution is -2.38. The molecule has 1 aromatic heterocycles. The summed E-state index contributed by atoms with van der Waals surface area (Å²) in [5, 5.41) is 2.62. The van der Waals surface area contributed by atoms with E-state index in [1.807, 2.05) is 11.3 Å². The maximum atomic E-state index is 6.00. The van der Waals surface area contributed by atoms with Crippen LogP contribution in [-0.4, -0.2) is 62.3 Å². The Balaban J connectivity index is 1.19. The maximum absolute atomic E-state index is 6.00. The third-order valence-corrected chi connectivity index (χ3v) is 7.20. The predicted molar refractivity (Wildman–Crippen MR) is 122 cm³/mol. The molecule has 0 N–H and O–H groups in total. The van der Waals surface area contributed by atoms with Gasteiger partial charge in [0.1, 0.15) is 11.5 Å². The summed E-state index contributed by atoms with van der Waals surface area (Å²) in [6, 6.07) is 13.0. The number of thiophene rings is 1. The lowest BCUT2D eigenvalue weighted by Gasteiger charge is -2.30. The Labute approximate surface area is 177 Å². The normalized spacial score (nSPS) is 17.4. The fourth-order valence-corrected chi connectivity index (χ4v) is 5.25. The van der Waals surface area contributed by atoms with Gasteiger partial charge in [0.05, 0.1) is 13.2 Å². The fourth-order valence-electron chi connectivity index (χ4n) is 4.08. The van der Waals surface area contributed by atoms with Crippen molar-refractivity contribution in [2.75, 3.05) is 52.5 Å². The van der Waals surface area contributed by atoms with Crippen molar-refractivity contribution >= 4 is 31.5 Å². The molecule has 29 heavy (non-hydrogen) atoms. The molecule has 0 spiro atoms. The molecule has 5 heteroatoms. The quantitative estimate of drug-likeness (QED) is 0.439. The molecule has 0 amide bonds. The van der Waals surface area contributed by atoms with Gasteiger partial charge in [-0.25, -0.2) is 0 Å². The summed E-state index contributed by atoms with van der Waals surface area (Å²) in [5.41, 5.74) is 0. The topological polar surface area (TPSA) is 24.9 Å². The molecular formula is C24H30N2O2S. The Morgan fingerprint density at radius 2 is 1.17 bits per heavy atom. The monoisotopic (exact) mass is 410 g/mol. The number of rotatable bonds is 10. The van der Waals surface area contributed by atoms with Crippen LogP contribution < -0.4 is 9.47 Å².